The molecule has 0 unspecified atom stereocenters. The van der Waals surface area contributed by atoms with E-state index in [1.807, 2.05) is 0 Å². The Balaban J connectivity index is 2.23. The summed E-state index contributed by atoms with van der Waals surface area (Å²) >= 11 is 5.67. The highest BCUT2D eigenvalue weighted by Crippen LogP contribution is 2.26. The highest BCUT2D eigenvalue weighted by Gasteiger charge is 2.15. The van der Waals surface area contributed by atoms with E-state index in [9.17, 15) is 13.6 Å². The summed E-state index contributed by atoms with van der Waals surface area (Å²) in [5.41, 5.74) is -0.332. The highest BCUT2D eigenvalue weighted by molar-refractivity contribution is 6.33. The van der Waals surface area contributed by atoms with Crippen LogP contribution in [0.2, 0.25) is 5.02 Å². The van der Waals surface area contributed by atoms with Crippen LogP contribution >= 0.6 is 11.6 Å². The molecular weight excluding hydrogens is 290 g/mol. The molecule has 104 valence electrons. The molecule has 2 rings (SSSR count). The van der Waals surface area contributed by atoms with E-state index in [1.165, 1.54) is 12.4 Å². The molecule has 0 spiro atoms. The average Bonchev–Trinajstić information content (AvgIpc) is 2.42. The second kappa shape index (κ2) is 5.79. The second-order valence-electron chi connectivity index (χ2n) is 3.74. The number of hydrogen-bond acceptors (Lipinski definition) is 4. The quantitative estimate of drug-likeness (QED) is 0.914. The Morgan fingerprint density at radius 3 is 2.55 bits per heavy atom. The molecule has 0 saturated carbocycles. The van der Waals surface area contributed by atoms with Gasteiger partial charge in [-0.05, 0) is 6.07 Å². The van der Waals surface area contributed by atoms with Crippen molar-refractivity contribution in [2.75, 3.05) is 17.7 Å². The number of rotatable bonds is 3. The molecule has 0 aliphatic heterocycles. The maximum atomic E-state index is 13.5. The number of aromatic nitrogens is 2. The van der Waals surface area contributed by atoms with Gasteiger partial charge in [0.1, 0.15) is 17.3 Å². The van der Waals surface area contributed by atoms with Gasteiger partial charge in [-0.1, -0.05) is 11.6 Å². The molecule has 2 aromatic rings. The molecule has 0 fully saturated rings. The maximum Gasteiger partial charge on any atom is 0.275 e. The van der Waals surface area contributed by atoms with Gasteiger partial charge in [-0.15, -0.1) is 0 Å². The smallest absolute Gasteiger partial charge is 0.275 e. The SMILES string of the molecule is CNc1cnc(C(=O)Nc2c(F)cc(F)cc2Cl)cn1. The number of halogens is 3. The fourth-order valence-electron chi connectivity index (χ4n) is 1.41. The van der Waals surface area contributed by atoms with Crippen LogP contribution in [-0.2, 0) is 0 Å². The standard InChI is InChI=1S/C12H9ClF2N4O/c1-16-10-5-17-9(4-18-10)12(20)19-11-7(13)2-6(14)3-8(11)15/h2-5H,1H3,(H,16,18)(H,19,20). The van der Waals surface area contributed by atoms with Crippen LogP contribution in [0.4, 0.5) is 20.3 Å². The van der Waals surface area contributed by atoms with Crippen molar-refractivity contribution in [1.29, 1.82) is 0 Å². The zero-order valence-electron chi connectivity index (χ0n) is 10.2. The van der Waals surface area contributed by atoms with Crippen molar-refractivity contribution in [1.82, 2.24) is 9.97 Å². The predicted octanol–water partition coefficient (Wildman–Crippen LogP) is 2.70. The summed E-state index contributed by atoms with van der Waals surface area (Å²) in [6.45, 7) is 0. The summed E-state index contributed by atoms with van der Waals surface area (Å²) in [6, 6.07) is 1.52. The van der Waals surface area contributed by atoms with Crippen LogP contribution < -0.4 is 10.6 Å². The van der Waals surface area contributed by atoms with E-state index in [2.05, 4.69) is 20.6 Å². The molecule has 8 heteroatoms. The van der Waals surface area contributed by atoms with Crippen LogP contribution in [0.3, 0.4) is 0 Å². The highest BCUT2D eigenvalue weighted by atomic mass is 35.5. The van der Waals surface area contributed by atoms with E-state index in [4.69, 9.17) is 11.6 Å². The first kappa shape index (κ1) is 14.1. The molecule has 1 aromatic heterocycles. The summed E-state index contributed by atoms with van der Waals surface area (Å²) in [5.74, 6) is -2.02. The van der Waals surface area contributed by atoms with Crippen molar-refractivity contribution in [3.63, 3.8) is 0 Å². The maximum absolute atomic E-state index is 13.5. The van der Waals surface area contributed by atoms with Gasteiger partial charge in [-0.3, -0.25) is 4.79 Å². The van der Waals surface area contributed by atoms with E-state index < -0.39 is 17.5 Å². The summed E-state index contributed by atoms with van der Waals surface area (Å²) in [6.07, 6.45) is 2.56. The Kier molecular flexibility index (Phi) is 4.09. The van der Waals surface area contributed by atoms with Crippen LogP contribution in [-0.4, -0.2) is 22.9 Å². The lowest BCUT2D eigenvalue weighted by molar-refractivity contribution is 0.102. The normalized spacial score (nSPS) is 10.2. The summed E-state index contributed by atoms with van der Waals surface area (Å²) in [4.78, 5) is 19.6. The Bertz CT molecular complexity index is 625. The molecule has 2 N–H and O–H groups in total. The number of nitrogens with zero attached hydrogens (tertiary/aromatic N) is 2. The lowest BCUT2D eigenvalue weighted by atomic mass is 10.3. The van der Waals surface area contributed by atoms with Crippen molar-refractivity contribution in [3.8, 4) is 0 Å². The van der Waals surface area contributed by atoms with E-state index in [0.717, 1.165) is 6.07 Å². The average molecular weight is 299 g/mol. The monoisotopic (exact) mass is 298 g/mol. The van der Waals surface area contributed by atoms with Crippen LogP contribution in [0.5, 0.6) is 0 Å². The van der Waals surface area contributed by atoms with Crippen molar-refractivity contribution < 1.29 is 13.6 Å². The molecule has 0 radical (unpaired) electrons. The summed E-state index contributed by atoms with van der Waals surface area (Å²) in [7, 11) is 1.65. The fraction of sp³-hybridized carbons (Fsp3) is 0.0833. The predicted molar refractivity (Wildman–Crippen MR) is 70.9 cm³/mol. The first-order valence-electron chi connectivity index (χ1n) is 5.47. The van der Waals surface area contributed by atoms with Gasteiger partial charge in [0, 0.05) is 13.1 Å². The topological polar surface area (TPSA) is 66.9 Å². The minimum Gasteiger partial charge on any atom is -0.372 e. The molecule has 1 amide bonds. The van der Waals surface area contributed by atoms with Gasteiger partial charge in [0.2, 0.25) is 0 Å². The minimum atomic E-state index is -0.969. The van der Waals surface area contributed by atoms with Gasteiger partial charge in [0.15, 0.2) is 5.82 Å². The third-order valence-electron chi connectivity index (χ3n) is 2.39. The van der Waals surface area contributed by atoms with Gasteiger partial charge in [-0.2, -0.15) is 0 Å². The van der Waals surface area contributed by atoms with Crippen LogP contribution in [0.1, 0.15) is 10.5 Å². The number of hydrogen-bond donors (Lipinski definition) is 2. The number of carbonyl (C=O) groups is 1. The third-order valence-corrected chi connectivity index (χ3v) is 2.68. The van der Waals surface area contributed by atoms with Gasteiger partial charge in [0.05, 0.1) is 23.1 Å². The molecule has 5 nitrogen and oxygen atoms in total. The Labute approximate surface area is 118 Å². The Morgan fingerprint density at radius 2 is 2.00 bits per heavy atom. The Morgan fingerprint density at radius 1 is 1.25 bits per heavy atom. The van der Waals surface area contributed by atoms with E-state index in [-0.39, 0.29) is 16.4 Å². The lowest BCUT2D eigenvalue weighted by Crippen LogP contribution is -2.15. The van der Waals surface area contributed by atoms with E-state index in [0.29, 0.717) is 11.9 Å². The van der Waals surface area contributed by atoms with Gasteiger partial charge in [-0.25, -0.2) is 18.7 Å². The first-order chi connectivity index (χ1) is 9.51. The van der Waals surface area contributed by atoms with Crippen molar-refractivity contribution in [2.24, 2.45) is 0 Å². The molecule has 0 bridgehead atoms. The first-order valence-corrected chi connectivity index (χ1v) is 5.84. The minimum absolute atomic E-state index is 0.0243. The van der Waals surface area contributed by atoms with Gasteiger partial charge in [0.25, 0.3) is 5.91 Å². The van der Waals surface area contributed by atoms with Crippen molar-refractivity contribution >= 4 is 29.0 Å². The number of anilines is 2. The third kappa shape index (κ3) is 3.00. The molecule has 1 aromatic carbocycles. The zero-order chi connectivity index (χ0) is 14.7. The van der Waals surface area contributed by atoms with Crippen molar-refractivity contribution in [2.45, 2.75) is 0 Å². The van der Waals surface area contributed by atoms with E-state index >= 15 is 0 Å². The second-order valence-corrected chi connectivity index (χ2v) is 4.14. The zero-order valence-corrected chi connectivity index (χ0v) is 11.0. The van der Waals surface area contributed by atoms with Crippen LogP contribution in [0, 0.1) is 11.6 Å². The Hall–Kier alpha value is -2.28. The molecule has 1 heterocycles. The molecular formula is C12H9ClF2N4O. The van der Waals surface area contributed by atoms with Crippen LogP contribution in [0.15, 0.2) is 24.5 Å². The molecule has 0 aliphatic rings. The number of carbonyl (C=O) groups excluding carboxylic acids is 1. The number of nitrogens with one attached hydrogen (secondary N) is 2. The molecule has 20 heavy (non-hydrogen) atoms. The molecule has 0 saturated heterocycles. The van der Waals surface area contributed by atoms with Crippen molar-refractivity contribution in [3.05, 3.63) is 46.9 Å². The summed E-state index contributed by atoms with van der Waals surface area (Å²) < 4.78 is 26.4. The molecule has 0 aliphatic carbocycles. The summed E-state index contributed by atoms with van der Waals surface area (Å²) in [5, 5.41) is 4.72. The van der Waals surface area contributed by atoms with Gasteiger partial charge < -0.3 is 10.6 Å². The van der Waals surface area contributed by atoms with Gasteiger partial charge >= 0.3 is 0 Å². The van der Waals surface area contributed by atoms with Crippen LogP contribution in [0.25, 0.3) is 0 Å². The molecule has 0 atom stereocenters. The lowest BCUT2D eigenvalue weighted by Gasteiger charge is -2.08. The number of benzene rings is 1. The largest absolute Gasteiger partial charge is 0.372 e. The number of amides is 1. The fourth-order valence-corrected chi connectivity index (χ4v) is 1.66. The van der Waals surface area contributed by atoms with E-state index in [1.54, 1.807) is 7.05 Å².